The predicted molar refractivity (Wildman–Crippen MR) is 132 cm³/mol. The number of hydrogen-bond acceptors (Lipinski definition) is 5. The number of nitrogens with zero attached hydrogens (tertiary/aromatic N) is 1. The molecule has 35 heavy (non-hydrogen) atoms. The zero-order valence-corrected chi connectivity index (χ0v) is 19.7. The molecule has 1 fully saturated rings. The van der Waals surface area contributed by atoms with Crippen LogP contribution in [-0.4, -0.2) is 41.5 Å². The molecule has 6 heteroatoms. The number of aliphatic hydroxyl groups is 1. The molecule has 0 unspecified atom stereocenters. The van der Waals surface area contributed by atoms with Gasteiger partial charge in [0.1, 0.15) is 23.4 Å². The smallest absolute Gasteiger partial charge is 0.295 e. The van der Waals surface area contributed by atoms with Gasteiger partial charge in [0.15, 0.2) is 0 Å². The lowest BCUT2D eigenvalue weighted by Crippen LogP contribution is -2.31. The molecular weight excluding hydrogens is 442 g/mol. The third kappa shape index (κ3) is 4.28. The number of amides is 1. The van der Waals surface area contributed by atoms with E-state index in [2.05, 4.69) is 0 Å². The van der Waals surface area contributed by atoms with E-state index in [1.807, 2.05) is 55.5 Å². The summed E-state index contributed by atoms with van der Waals surface area (Å²) < 4.78 is 11.2. The van der Waals surface area contributed by atoms with Gasteiger partial charge in [-0.25, -0.2) is 0 Å². The first kappa shape index (κ1) is 22.7. The van der Waals surface area contributed by atoms with Gasteiger partial charge < -0.3 is 19.5 Å². The number of methoxy groups -OCH3 is 1. The number of likely N-dealkylation sites (tertiary alicyclic amines) is 1. The standard InChI is InChI=1S/C29H27NO5/c1-18-15-22-16-21(11-12-24(22)35-18)27(31)25-26(20-9-6-10-23(17-20)34-2)30(29(33)28(25)32)14-13-19-7-4-3-5-8-19/h3-12,16-18,26,31H,13-15H2,1-2H3/b27-25+/t18-,26-/m0/s1. The Kier molecular flexibility index (Phi) is 6.03. The summed E-state index contributed by atoms with van der Waals surface area (Å²) in [6.45, 7) is 2.32. The largest absolute Gasteiger partial charge is 0.507 e. The average molecular weight is 470 g/mol. The quantitative estimate of drug-likeness (QED) is 0.322. The van der Waals surface area contributed by atoms with Crippen LogP contribution in [0.15, 0.2) is 78.4 Å². The van der Waals surface area contributed by atoms with E-state index in [0.29, 0.717) is 29.8 Å². The topological polar surface area (TPSA) is 76.1 Å². The minimum absolute atomic E-state index is 0.0581. The summed E-state index contributed by atoms with van der Waals surface area (Å²) in [4.78, 5) is 28.1. The molecule has 0 radical (unpaired) electrons. The van der Waals surface area contributed by atoms with Gasteiger partial charge in [0.2, 0.25) is 0 Å². The second-order valence-electron chi connectivity index (χ2n) is 8.96. The Labute approximate surface area is 204 Å². The van der Waals surface area contributed by atoms with Crippen LogP contribution in [0.25, 0.3) is 5.76 Å². The summed E-state index contributed by atoms with van der Waals surface area (Å²) in [6.07, 6.45) is 1.37. The number of rotatable bonds is 6. The van der Waals surface area contributed by atoms with E-state index in [1.165, 1.54) is 0 Å². The van der Waals surface area contributed by atoms with E-state index in [4.69, 9.17) is 9.47 Å². The van der Waals surface area contributed by atoms with Crippen molar-refractivity contribution in [1.82, 2.24) is 4.90 Å². The molecule has 3 aromatic rings. The number of benzene rings is 3. The lowest BCUT2D eigenvalue weighted by molar-refractivity contribution is -0.139. The van der Waals surface area contributed by atoms with E-state index in [-0.39, 0.29) is 17.4 Å². The highest BCUT2D eigenvalue weighted by Crippen LogP contribution is 2.41. The molecule has 5 rings (SSSR count). The van der Waals surface area contributed by atoms with Crippen molar-refractivity contribution in [3.05, 3.63) is 101 Å². The van der Waals surface area contributed by atoms with Crippen molar-refractivity contribution in [3.8, 4) is 11.5 Å². The first-order valence-corrected chi connectivity index (χ1v) is 11.7. The fourth-order valence-electron chi connectivity index (χ4n) is 4.89. The second-order valence-corrected chi connectivity index (χ2v) is 8.96. The van der Waals surface area contributed by atoms with Crippen molar-refractivity contribution in [2.75, 3.05) is 13.7 Å². The van der Waals surface area contributed by atoms with Crippen molar-refractivity contribution in [2.24, 2.45) is 0 Å². The van der Waals surface area contributed by atoms with Crippen LogP contribution in [0.1, 0.15) is 35.2 Å². The third-order valence-electron chi connectivity index (χ3n) is 6.60. The van der Waals surface area contributed by atoms with Gasteiger partial charge in [0.05, 0.1) is 18.7 Å². The van der Waals surface area contributed by atoms with Crippen LogP contribution in [0.3, 0.4) is 0 Å². The predicted octanol–water partition coefficient (Wildman–Crippen LogP) is 4.68. The number of carbonyl (C=O) groups is 2. The van der Waals surface area contributed by atoms with Gasteiger partial charge in [0.25, 0.3) is 11.7 Å². The number of fused-ring (bicyclic) bond motifs is 1. The Bertz CT molecular complexity index is 1310. The van der Waals surface area contributed by atoms with E-state index in [1.54, 1.807) is 36.3 Å². The number of aliphatic hydroxyl groups excluding tert-OH is 1. The summed E-state index contributed by atoms with van der Waals surface area (Å²) in [5.41, 5.74) is 3.32. The van der Waals surface area contributed by atoms with Gasteiger partial charge >= 0.3 is 0 Å². The lowest BCUT2D eigenvalue weighted by atomic mass is 9.94. The fourth-order valence-corrected chi connectivity index (χ4v) is 4.89. The zero-order valence-electron chi connectivity index (χ0n) is 19.7. The molecule has 0 bridgehead atoms. The minimum atomic E-state index is -0.725. The molecule has 1 N–H and O–H groups in total. The van der Waals surface area contributed by atoms with E-state index >= 15 is 0 Å². The Balaban J connectivity index is 1.58. The maximum atomic E-state index is 13.3. The van der Waals surface area contributed by atoms with Crippen LogP contribution in [0, 0.1) is 0 Å². The Hall–Kier alpha value is -4.06. The maximum Gasteiger partial charge on any atom is 0.295 e. The molecule has 6 nitrogen and oxygen atoms in total. The highest BCUT2D eigenvalue weighted by molar-refractivity contribution is 6.46. The van der Waals surface area contributed by atoms with E-state index in [9.17, 15) is 14.7 Å². The molecule has 0 aliphatic carbocycles. The first-order valence-electron chi connectivity index (χ1n) is 11.7. The third-order valence-corrected chi connectivity index (χ3v) is 6.60. The van der Waals surface area contributed by atoms with Gasteiger partial charge in [-0.1, -0.05) is 42.5 Å². The van der Waals surface area contributed by atoms with Crippen molar-refractivity contribution in [1.29, 1.82) is 0 Å². The van der Waals surface area contributed by atoms with Gasteiger partial charge in [-0.05, 0) is 60.4 Å². The van der Waals surface area contributed by atoms with Crippen molar-refractivity contribution >= 4 is 17.4 Å². The van der Waals surface area contributed by atoms with Crippen LogP contribution in [0.2, 0.25) is 0 Å². The highest BCUT2D eigenvalue weighted by atomic mass is 16.5. The number of carbonyl (C=O) groups excluding carboxylic acids is 2. The van der Waals surface area contributed by atoms with Crippen molar-refractivity contribution < 1.29 is 24.2 Å². The maximum absolute atomic E-state index is 13.3. The van der Waals surface area contributed by atoms with Gasteiger partial charge in [0, 0.05) is 18.5 Å². The fraction of sp³-hybridized carbons (Fsp3) is 0.241. The van der Waals surface area contributed by atoms with E-state index in [0.717, 1.165) is 23.3 Å². The van der Waals surface area contributed by atoms with Gasteiger partial charge in [-0.3, -0.25) is 9.59 Å². The Morgan fingerprint density at radius 2 is 1.86 bits per heavy atom. The molecule has 2 aliphatic rings. The summed E-state index contributed by atoms with van der Waals surface area (Å²) in [5, 5.41) is 11.4. The first-order chi connectivity index (χ1) is 17.0. The Morgan fingerprint density at radius 3 is 2.63 bits per heavy atom. The molecule has 2 atom stereocenters. The number of Topliss-reactive ketones (excluding diaryl/α,β-unsaturated/α-hetero) is 1. The summed E-state index contributed by atoms with van der Waals surface area (Å²) in [6, 6.07) is 21.7. The van der Waals surface area contributed by atoms with E-state index < -0.39 is 17.7 Å². The van der Waals surface area contributed by atoms with Crippen LogP contribution >= 0.6 is 0 Å². The monoisotopic (exact) mass is 469 g/mol. The highest BCUT2D eigenvalue weighted by Gasteiger charge is 2.46. The lowest BCUT2D eigenvalue weighted by Gasteiger charge is -2.25. The number of ketones is 1. The summed E-state index contributed by atoms with van der Waals surface area (Å²) in [7, 11) is 1.57. The molecule has 0 spiro atoms. The summed E-state index contributed by atoms with van der Waals surface area (Å²) in [5.74, 6) is -0.0934. The molecule has 0 aromatic heterocycles. The molecule has 1 saturated heterocycles. The van der Waals surface area contributed by atoms with Crippen LogP contribution in [0.4, 0.5) is 0 Å². The second kappa shape index (κ2) is 9.29. The van der Waals surface area contributed by atoms with Crippen molar-refractivity contribution in [3.63, 3.8) is 0 Å². The average Bonchev–Trinajstić information content (AvgIpc) is 3.38. The van der Waals surface area contributed by atoms with Gasteiger partial charge in [-0.15, -0.1) is 0 Å². The minimum Gasteiger partial charge on any atom is -0.507 e. The number of hydrogen-bond donors (Lipinski definition) is 1. The normalized spacial score (nSPS) is 20.6. The molecule has 0 saturated carbocycles. The molecule has 2 heterocycles. The molecular formula is C29H27NO5. The molecule has 3 aromatic carbocycles. The van der Waals surface area contributed by atoms with Crippen molar-refractivity contribution in [2.45, 2.75) is 31.9 Å². The zero-order chi connectivity index (χ0) is 24.5. The molecule has 2 aliphatic heterocycles. The van der Waals surface area contributed by atoms with Crippen LogP contribution in [-0.2, 0) is 22.4 Å². The van der Waals surface area contributed by atoms with Crippen LogP contribution in [0.5, 0.6) is 11.5 Å². The summed E-state index contributed by atoms with van der Waals surface area (Å²) >= 11 is 0. The molecule has 1 amide bonds. The van der Waals surface area contributed by atoms with Gasteiger partial charge in [-0.2, -0.15) is 0 Å². The van der Waals surface area contributed by atoms with Crippen LogP contribution < -0.4 is 9.47 Å². The SMILES string of the molecule is COc1cccc([C@H]2/C(=C(\O)c3ccc4c(c3)C[C@H](C)O4)C(=O)C(=O)N2CCc2ccccc2)c1. The Morgan fingerprint density at radius 1 is 1.06 bits per heavy atom. The molecule has 178 valence electrons. The number of ether oxygens (including phenoxy) is 2.